The van der Waals surface area contributed by atoms with Crippen molar-refractivity contribution in [2.75, 3.05) is 5.32 Å². The molecule has 0 saturated carbocycles. The van der Waals surface area contributed by atoms with Crippen molar-refractivity contribution in [1.82, 2.24) is 10.3 Å². The zero-order valence-electron chi connectivity index (χ0n) is 14.3. The Morgan fingerprint density at radius 2 is 1.83 bits per heavy atom. The Balaban J connectivity index is 1.87. The highest BCUT2D eigenvalue weighted by atomic mass is 35.5. The first-order chi connectivity index (χ1) is 13.6. The van der Waals surface area contributed by atoms with E-state index in [0.717, 1.165) is 12.1 Å². The molecule has 1 spiro atoms. The molecule has 3 N–H and O–H groups in total. The van der Waals surface area contributed by atoms with Gasteiger partial charge in [0, 0.05) is 33.2 Å². The smallest absolute Gasteiger partial charge is 0.356 e. The number of aromatic amines is 1. The van der Waals surface area contributed by atoms with E-state index < -0.39 is 41.7 Å². The molecule has 5 rings (SSSR count). The van der Waals surface area contributed by atoms with Crippen LogP contribution in [0.5, 0.6) is 0 Å². The van der Waals surface area contributed by atoms with Crippen molar-refractivity contribution in [2.24, 2.45) is 0 Å². The van der Waals surface area contributed by atoms with Crippen molar-refractivity contribution in [3.63, 3.8) is 0 Å². The van der Waals surface area contributed by atoms with Crippen molar-refractivity contribution in [1.29, 1.82) is 0 Å². The Kier molecular flexibility index (Phi) is 3.61. The van der Waals surface area contributed by atoms with Gasteiger partial charge in [0.15, 0.2) is 17.2 Å². The fraction of sp³-hybridized carbons (Fsp3) is 0.211. The van der Waals surface area contributed by atoms with Gasteiger partial charge in [-0.3, -0.25) is 10.1 Å². The number of hydrogen-bond acceptors (Lipinski definition) is 2. The highest BCUT2D eigenvalue weighted by molar-refractivity contribution is 6.31. The summed E-state index contributed by atoms with van der Waals surface area (Å²) in [6, 6.07) is 4.02. The molecule has 3 heterocycles. The molecule has 0 radical (unpaired) electrons. The molecule has 0 saturated heterocycles. The number of amides is 1. The van der Waals surface area contributed by atoms with Crippen LogP contribution in [0.1, 0.15) is 16.8 Å². The van der Waals surface area contributed by atoms with E-state index in [1.54, 1.807) is 0 Å². The van der Waals surface area contributed by atoms with E-state index in [9.17, 15) is 26.7 Å². The van der Waals surface area contributed by atoms with E-state index in [4.69, 9.17) is 11.6 Å². The molecule has 29 heavy (non-hydrogen) atoms. The number of aromatic nitrogens is 1. The van der Waals surface area contributed by atoms with Gasteiger partial charge in [-0.2, -0.15) is 13.2 Å². The number of nitrogens with one attached hydrogen (secondary N) is 3. The van der Waals surface area contributed by atoms with Gasteiger partial charge in [-0.15, -0.1) is 0 Å². The summed E-state index contributed by atoms with van der Waals surface area (Å²) in [6.07, 6.45) is -5.23. The van der Waals surface area contributed by atoms with E-state index in [2.05, 4.69) is 15.6 Å². The summed E-state index contributed by atoms with van der Waals surface area (Å²) in [5.74, 6) is -3.07. The van der Waals surface area contributed by atoms with Gasteiger partial charge < -0.3 is 10.3 Å². The number of hydrogen-bond donors (Lipinski definition) is 3. The number of carbonyl (C=O) groups excluding carboxylic acids is 1. The molecular formula is C19H11ClF5N3O. The summed E-state index contributed by atoms with van der Waals surface area (Å²) in [5, 5.41) is 5.33. The van der Waals surface area contributed by atoms with Crippen LogP contribution in [0.3, 0.4) is 0 Å². The van der Waals surface area contributed by atoms with Crippen LogP contribution in [0.15, 0.2) is 30.3 Å². The van der Waals surface area contributed by atoms with Crippen LogP contribution in [0, 0.1) is 11.6 Å². The zero-order valence-corrected chi connectivity index (χ0v) is 15.1. The Morgan fingerprint density at radius 3 is 2.55 bits per heavy atom. The van der Waals surface area contributed by atoms with Crippen LogP contribution in [0.2, 0.25) is 5.02 Å². The molecule has 0 fully saturated rings. The predicted molar refractivity (Wildman–Crippen MR) is 95.8 cm³/mol. The lowest BCUT2D eigenvalue weighted by molar-refractivity contribution is -0.162. The van der Waals surface area contributed by atoms with E-state index >= 15 is 0 Å². The van der Waals surface area contributed by atoms with Crippen LogP contribution in [-0.4, -0.2) is 23.1 Å². The number of fused-ring (bicyclic) bond motifs is 6. The van der Waals surface area contributed by atoms with Gasteiger partial charge in [0.05, 0.1) is 5.69 Å². The van der Waals surface area contributed by atoms with Crippen LogP contribution >= 0.6 is 11.6 Å². The number of carbonyl (C=O) groups is 1. The van der Waals surface area contributed by atoms with Crippen LogP contribution in [-0.2, 0) is 16.8 Å². The Labute approximate surface area is 165 Å². The molecule has 2 aromatic carbocycles. The normalized spacial score (nSPS) is 23.4. The Bertz CT molecular complexity index is 1200. The zero-order chi connectivity index (χ0) is 20.7. The summed E-state index contributed by atoms with van der Waals surface area (Å²) < 4.78 is 68.8. The van der Waals surface area contributed by atoms with Crippen molar-refractivity contribution in [3.05, 3.63) is 63.8 Å². The van der Waals surface area contributed by atoms with Crippen molar-refractivity contribution in [2.45, 2.75) is 24.2 Å². The molecule has 4 nitrogen and oxygen atoms in total. The third-order valence-electron chi connectivity index (χ3n) is 5.49. The van der Waals surface area contributed by atoms with Crippen molar-refractivity contribution in [3.8, 4) is 0 Å². The summed E-state index contributed by atoms with van der Waals surface area (Å²) in [7, 11) is 0. The predicted octanol–water partition coefficient (Wildman–Crippen LogP) is 4.37. The van der Waals surface area contributed by atoms with E-state index in [1.807, 2.05) is 0 Å². The molecule has 0 bridgehead atoms. The standard InChI is InChI=1S/C19H11ClF5N3O/c20-7-1-2-13-10(3-7)18(17(29)27-13)16-9(5-15(28-18)19(23,24)25)8-4-11(21)12(22)6-14(8)26-16/h1-4,6,15,26,28H,5H2,(H,27,29)/t15-,18-/m0/s1. The molecule has 1 aromatic heterocycles. The maximum Gasteiger partial charge on any atom is 0.404 e. The third-order valence-corrected chi connectivity index (χ3v) is 5.73. The second-order valence-corrected chi connectivity index (χ2v) is 7.56. The molecule has 1 amide bonds. The molecule has 0 aliphatic carbocycles. The minimum Gasteiger partial charge on any atom is -0.356 e. The first kappa shape index (κ1) is 18.4. The van der Waals surface area contributed by atoms with Crippen LogP contribution < -0.4 is 10.6 Å². The summed E-state index contributed by atoms with van der Waals surface area (Å²) in [6.45, 7) is 0. The van der Waals surface area contributed by atoms with Crippen LogP contribution in [0.25, 0.3) is 10.9 Å². The minimum atomic E-state index is -4.69. The van der Waals surface area contributed by atoms with Crippen LogP contribution in [0.4, 0.5) is 27.6 Å². The van der Waals surface area contributed by atoms with Crippen molar-refractivity contribution >= 4 is 34.1 Å². The average molecular weight is 428 g/mol. The Hall–Kier alpha value is -2.65. The lowest BCUT2D eigenvalue weighted by Gasteiger charge is -2.39. The molecule has 10 heteroatoms. The molecule has 2 atom stereocenters. The Morgan fingerprint density at radius 1 is 1.10 bits per heavy atom. The maximum absolute atomic E-state index is 13.8. The minimum absolute atomic E-state index is 0.0947. The number of alkyl halides is 3. The largest absolute Gasteiger partial charge is 0.404 e. The average Bonchev–Trinajstić information content (AvgIpc) is 3.12. The third kappa shape index (κ3) is 2.43. The highest BCUT2D eigenvalue weighted by Crippen LogP contribution is 2.48. The summed E-state index contributed by atoms with van der Waals surface area (Å²) >= 11 is 6.05. The topological polar surface area (TPSA) is 56.9 Å². The number of anilines is 1. The van der Waals surface area contributed by atoms with Gasteiger partial charge in [-0.05, 0) is 36.2 Å². The lowest BCUT2D eigenvalue weighted by Crippen LogP contribution is -2.61. The fourth-order valence-electron chi connectivity index (χ4n) is 4.23. The molecular weight excluding hydrogens is 417 g/mol. The van der Waals surface area contributed by atoms with Gasteiger partial charge in [0.1, 0.15) is 6.04 Å². The van der Waals surface area contributed by atoms with E-state index in [-0.39, 0.29) is 32.7 Å². The van der Waals surface area contributed by atoms with Gasteiger partial charge in [0.2, 0.25) is 0 Å². The highest BCUT2D eigenvalue weighted by Gasteiger charge is 2.58. The van der Waals surface area contributed by atoms with E-state index in [1.165, 1.54) is 18.2 Å². The summed E-state index contributed by atoms with van der Waals surface area (Å²) in [4.78, 5) is 15.9. The van der Waals surface area contributed by atoms with Gasteiger partial charge in [0.25, 0.3) is 5.91 Å². The molecule has 2 aliphatic heterocycles. The quantitative estimate of drug-likeness (QED) is 0.467. The number of benzene rings is 2. The first-order valence-electron chi connectivity index (χ1n) is 8.57. The number of H-pyrrole nitrogens is 1. The van der Waals surface area contributed by atoms with Gasteiger partial charge >= 0.3 is 6.18 Å². The number of rotatable bonds is 0. The maximum atomic E-state index is 13.8. The number of halogens is 6. The second kappa shape index (κ2) is 5.70. The SMILES string of the molecule is O=C1Nc2ccc(Cl)cc2[C@@]12N[C@H](C(F)(F)F)Cc1c2[nH]c2cc(F)c(F)cc12. The second-order valence-electron chi connectivity index (χ2n) is 7.13. The summed E-state index contributed by atoms with van der Waals surface area (Å²) in [5.41, 5.74) is -1.12. The molecule has 3 aromatic rings. The van der Waals surface area contributed by atoms with Gasteiger partial charge in [-0.1, -0.05) is 11.6 Å². The lowest BCUT2D eigenvalue weighted by atomic mass is 9.79. The van der Waals surface area contributed by atoms with Crippen molar-refractivity contribution < 1.29 is 26.7 Å². The van der Waals surface area contributed by atoms with Gasteiger partial charge in [-0.25, -0.2) is 8.78 Å². The van der Waals surface area contributed by atoms with E-state index in [0.29, 0.717) is 5.69 Å². The first-order valence-corrected chi connectivity index (χ1v) is 8.95. The molecule has 2 aliphatic rings. The monoisotopic (exact) mass is 427 g/mol. The fourth-order valence-corrected chi connectivity index (χ4v) is 4.40. The molecule has 150 valence electrons. The molecule has 0 unspecified atom stereocenters.